The van der Waals surface area contributed by atoms with E-state index in [9.17, 15) is 29.3 Å². The highest BCUT2D eigenvalue weighted by atomic mass is 35.5. The average Bonchev–Trinajstić information content (AvgIpc) is 3.05. The molecule has 0 radical (unpaired) electrons. The van der Waals surface area contributed by atoms with Crippen LogP contribution in [0.5, 0.6) is 0 Å². The SMILES string of the molecule is CC(C)[C@H](C(=O)OCC(=O)Nc1cccc([N+](=O)[O-])c1)N1C(=O)c2c(Cl)c(Cl)c(Cl)c(Cl)c2C1=O. The van der Waals surface area contributed by atoms with E-state index in [4.69, 9.17) is 51.1 Å². The molecule has 0 saturated carbocycles. The first-order valence-electron chi connectivity index (χ1n) is 9.81. The molecule has 0 aromatic heterocycles. The molecule has 10 nitrogen and oxygen atoms in total. The van der Waals surface area contributed by atoms with Gasteiger partial charge in [-0.3, -0.25) is 29.4 Å². The molecular weight excluding hydrogens is 548 g/mol. The second kappa shape index (κ2) is 10.4. The number of esters is 1. The molecule has 1 heterocycles. The van der Waals surface area contributed by atoms with Crippen molar-refractivity contribution in [2.45, 2.75) is 19.9 Å². The van der Waals surface area contributed by atoms with Gasteiger partial charge in [0.1, 0.15) is 6.04 Å². The van der Waals surface area contributed by atoms with Crippen LogP contribution in [0.1, 0.15) is 34.6 Å². The van der Waals surface area contributed by atoms with E-state index in [-0.39, 0.29) is 42.6 Å². The number of benzene rings is 2. The lowest BCUT2D eigenvalue weighted by Crippen LogP contribution is -2.49. The lowest BCUT2D eigenvalue weighted by molar-refractivity contribution is -0.384. The fraction of sp³-hybridized carbons (Fsp3) is 0.238. The summed E-state index contributed by atoms with van der Waals surface area (Å²) >= 11 is 24.3. The van der Waals surface area contributed by atoms with Gasteiger partial charge in [-0.2, -0.15) is 0 Å². The summed E-state index contributed by atoms with van der Waals surface area (Å²) < 4.78 is 5.04. The predicted octanol–water partition coefficient (Wildman–Crippen LogP) is 5.01. The Balaban J connectivity index is 1.79. The zero-order chi connectivity index (χ0) is 26.2. The van der Waals surface area contributed by atoms with E-state index in [1.54, 1.807) is 13.8 Å². The topological polar surface area (TPSA) is 136 Å². The molecule has 3 rings (SSSR count). The normalized spacial score (nSPS) is 13.6. The Morgan fingerprint density at radius 3 is 2.06 bits per heavy atom. The van der Waals surface area contributed by atoms with E-state index in [2.05, 4.69) is 5.32 Å². The molecule has 1 aliphatic heterocycles. The van der Waals surface area contributed by atoms with Gasteiger partial charge in [0.15, 0.2) is 6.61 Å². The zero-order valence-corrected chi connectivity index (χ0v) is 21.0. The summed E-state index contributed by atoms with van der Waals surface area (Å²) in [5, 5.41) is 12.2. The van der Waals surface area contributed by atoms with Crippen LogP contribution in [0.2, 0.25) is 20.1 Å². The number of anilines is 1. The second-order valence-corrected chi connectivity index (χ2v) is 9.15. The molecule has 0 unspecified atom stereocenters. The van der Waals surface area contributed by atoms with Gasteiger partial charge in [0.2, 0.25) is 0 Å². The van der Waals surface area contributed by atoms with E-state index >= 15 is 0 Å². The van der Waals surface area contributed by atoms with Gasteiger partial charge in [0, 0.05) is 17.8 Å². The minimum Gasteiger partial charge on any atom is -0.454 e. The Morgan fingerprint density at radius 2 is 1.57 bits per heavy atom. The maximum absolute atomic E-state index is 13.1. The van der Waals surface area contributed by atoms with Crippen molar-refractivity contribution >= 4 is 81.5 Å². The summed E-state index contributed by atoms with van der Waals surface area (Å²) in [5.41, 5.74) is -0.724. The molecule has 3 amide bonds. The number of hydrogen-bond donors (Lipinski definition) is 1. The maximum Gasteiger partial charge on any atom is 0.330 e. The monoisotopic (exact) mass is 561 g/mol. The minimum absolute atomic E-state index is 0.110. The van der Waals surface area contributed by atoms with Crippen LogP contribution in [0.15, 0.2) is 24.3 Å². The van der Waals surface area contributed by atoms with E-state index in [1.165, 1.54) is 18.2 Å². The smallest absolute Gasteiger partial charge is 0.330 e. The standard InChI is InChI=1S/C21H15Cl4N3O7/c1-8(2)18(21(32)35-7-11(29)26-9-4-3-5-10(6-9)28(33)34)27-19(30)12-13(20(27)31)15(23)17(25)16(24)14(12)22/h3-6,8,18H,7H2,1-2H3,(H,26,29)/t18-/m1/s1. The molecule has 184 valence electrons. The number of nitro benzene ring substituents is 1. The van der Waals surface area contributed by atoms with Crippen molar-refractivity contribution in [3.8, 4) is 0 Å². The van der Waals surface area contributed by atoms with Crippen molar-refractivity contribution in [2.75, 3.05) is 11.9 Å². The minimum atomic E-state index is -1.43. The third kappa shape index (κ3) is 5.06. The van der Waals surface area contributed by atoms with Crippen LogP contribution in [-0.4, -0.2) is 46.2 Å². The number of amides is 3. The Morgan fingerprint density at radius 1 is 1.03 bits per heavy atom. The molecule has 35 heavy (non-hydrogen) atoms. The Bertz CT molecular complexity index is 1240. The van der Waals surface area contributed by atoms with E-state index in [0.29, 0.717) is 4.90 Å². The number of nitrogens with zero attached hydrogens (tertiary/aromatic N) is 2. The van der Waals surface area contributed by atoms with Crippen molar-refractivity contribution in [1.82, 2.24) is 4.90 Å². The van der Waals surface area contributed by atoms with Crippen molar-refractivity contribution in [2.24, 2.45) is 5.92 Å². The molecule has 1 N–H and O–H groups in total. The molecule has 1 aliphatic rings. The van der Waals surface area contributed by atoms with Gasteiger partial charge in [-0.05, 0) is 12.0 Å². The van der Waals surface area contributed by atoms with E-state index in [0.717, 1.165) is 6.07 Å². The van der Waals surface area contributed by atoms with Crippen LogP contribution in [0.3, 0.4) is 0 Å². The van der Waals surface area contributed by atoms with E-state index < -0.39 is 47.2 Å². The summed E-state index contributed by atoms with van der Waals surface area (Å²) in [6.45, 7) is 2.33. The third-order valence-electron chi connectivity index (χ3n) is 4.97. The Hall–Kier alpha value is -2.92. The van der Waals surface area contributed by atoms with Gasteiger partial charge in [0.05, 0.1) is 36.1 Å². The molecule has 2 aromatic rings. The Labute approximate surface area is 218 Å². The van der Waals surface area contributed by atoms with Gasteiger partial charge in [0.25, 0.3) is 23.4 Å². The number of non-ortho nitro benzene ring substituents is 1. The Kier molecular flexibility index (Phi) is 7.90. The molecule has 0 spiro atoms. The van der Waals surface area contributed by atoms with Crippen molar-refractivity contribution in [3.63, 3.8) is 0 Å². The number of nitrogens with one attached hydrogen (secondary N) is 1. The van der Waals surface area contributed by atoms with Crippen molar-refractivity contribution in [3.05, 3.63) is 65.6 Å². The summed E-state index contributed by atoms with van der Waals surface area (Å²) in [5.74, 6) is -4.33. The first-order valence-corrected chi connectivity index (χ1v) is 11.3. The largest absolute Gasteiger partial charge is 0.454 e. The number of imide groups is 1. The van der Waals surface area contributed by atoms with Gasteiger partial charge in [-0.15, -0.1) is 0 Å². The molecule has 0 bridgehead atoms. The van der Waals surface area contributed by atoms with Gasteiger partial charge >= 0.3 is 5.97 Å². The molecule has 14 heteroatoms. The number of carbonyl (C=O) groups is 4. The highest BCUT2D eigenvalue weighted by Gasteiger charge is 2.48. The molecule has 1 atom stereocenters. The summed E-state index contributed by atoms with van der Waals surface area (Å²) in [4.78, 5) is 62.1. The number of ether oxygens (including phenoxy) is 1. The number of rotatable bonds is 7. The lowest BCUT2D eigenvalue weighted by atomic mass is 10.0. The fourth-order valence-corrected chi connectivity index (χ4v) is 4.43. The summed E-state index contributed by atoms with van der Waals surface area (Å²) in [6, 6.07) is 3.71. The van der Waals surface area contributed by atoms with Crippen LogP contribution in [0.4, 0.5) is 11.4 Å². The highest BCUT2D eigenvalue weighted by Crippen LogP contribution is 2.45. The van der Waals surface area contributed by atoms with Crippen LogP contribution >= 0.6 is 46.4 Å². The number of hydrogen-bond acceptors (Lipinski definition) is 7. The number of carbonyl (C=O) groups excluding carboxylic acids is 4. The summed E-state index contributed by atoms with van der Waals surface area (Å²) in [6.07, 6.45) is 0. The third-order valence-corrected chi connectivity index (χ3v) is 6.77. The number of halogens is 4. The molecule has 0 aliphatic carbocycles. The van der Waals surface area contributed by atoms with Crippen molar-refractivity contribution in [1.29, 1.82) is 0 Å². The second-order valence-electron chi connectivity index (χ2n) is 7.64. The number of nitro groups is 1. The number of fused-ring (bicyclic) bond motifs is 1. The molecule has 0 saturated heterocycles. The zero-order valence-electron chi connectivity index (χ0n) is 17.9. The molecule has 0 fully saturated rings. The van der Waals surface area contributed by atoms with Gasteiger partial charge in [-0.25, -0.2) is 4.79 Å². The van der Waals surface area contributed by atoms with Gasteiger partial charge in [-0.1, -0.05) is 66.3 Å². The van der Waals surface area contributed by atoms with E-state index in [1.807, 2.05) is 0 Å². The summed E-state index contributed by atoms with van der Waals surface area (Å²) in [7, 11) is 0. The molecular formula is C21H15Cl4N3O7. The van der Waals surface area contributed by atoms with Crippen LogP contribution < -0.4 is 5.32 Å². The first-order chi connectivity index (χ1) is 16.4. The lowest BCUT2D eigenvalue weighted by Gasteiger charge is -2.27. The first kappa shape index (κ1) is 26.7. The van der Waals surface area contributed by atoms with Crippen molar-refractivity contribution < 1.29 is 28.8 Å². The highest BCUT2D eigenvalue weighted by molar-refractivity contribution is 6.55. The average molecular weight is 563 g/mol. The maximum atomic E-state index is 13.1. The van der Waals surface area contributed by atoms with Crippen LogP contribution in [-0.2, 0) is 14.3 Å². The predicted molar refractivity (Wildman–Crippen MR) is 128 cm³/mol. The van der Waals surface area contributed by atoms with Gasteiger partial charge < -0.3 is 10.1 Å². The van der Waals surface area contributed by atoms with Crippen LogP contribution in [0.25, 0.3) is 0 Å². The quantitative estimate of drug-likeness (QED) is 0.125. The fourth-order valence-electron chi connectivity index (χ4n) is 3.41. The molecule has 2 aromatic carbocycles. The van der Waals surface area contributed by atoms with Crippen LogP contribution in [0, 0.1) is 16.0 Å².